The lowest BCUT2D eigenvalue weighted by Crippen LogP contribution is -2.45. The Bertz CT molecular complexity index is 1030. The maximum absolute atomic E-state index is 12.5. The van der Waals surface area contributed by atoms with E-state index in [1.165, 1.54) is 9.13 Å². The zero-order chi connectivity index (χ0) is 18.7. The molecule has 3 rings (SSSR count). The summed E-state index contributed by atoms with van der Waals surface area (Å²) < 4.78 is 7.93. The number of carbonyl (C=O) groups excluding carboxylic acids is 1. The highest BCUT2D eigenvalue weighted by Crippen LogP contribution is 2.10. The zero-order valence-corrected chi connectivity index (χ0v) is 14.8. The second-order valence-corrected chi connectivity index (χ2v) is 6.18. The smallest absolute Gasteiger partial charge is 0.317 e. The van der Waals surface area contributed by atoms with Crippen LogP contribution in [0.4, 0.5) is 0 Å². The van der Waals surface area contributed by atoms with Gasteiger partial charge in [0.05, 0.1) is 17.3 Å². The summed E-state index contributed by atoms with van der Waals surface area (Å²) in [6.45, 7) is 3.85. The predicted molar refractivity (Wildman–Crippen MR) is 98.2 cm³/mol. The highest BCUT2D eigenvalue weighted by molar-refractivity contribution is 5.80. The van der Waals surface area contributed by atoms with Crippen LogP contribution in [0.2, 0.25) is 0 Å². The van der Waals surface area contributed by atoms with Gasteiger partial charge in [0, 0.05) is 19.0 Å². The first-order valence-electron chi connectivity index (χ1n) is 8.55. The van der Waals surface area contributed by atoms with Crippen LogP contribution in [0.25, 0.3) is 11.0 Å². The number of aryl methyl sites for hydroxylation is 1. The summed E-state index contributed by atoms with van der Waals surface area (Å²) in [6, 6.07) is 10.6. The van der Waals surface area contributed by atoms with E-state index in [4.69, 9.17) is 4.42 Å². The summed E-state index contributed by atoms with van der Waals surface area (Å²) >= 11 is 0. The van der Waals surface area contributed by atoms with E-state index in [1.54, 1.807) is 43.5 Å². The van der Waals surface area contributed by atoms with Gasteiger partial charge in [-0.3, -0.25) is 19.0 Å². The molecule has 0 aliphatic rings. The van der Waals surface area contributed by atoms with E-state index >= 15 is 0 Å². The molecular weight excluding hydrogens is 334 g/mol. The van der Waals surface area contributed by atoms with Crippen molar-refractivity contribution >= 4 is 16.9 Å². The second kappa shape index (κ2) is 7.43. The summed E-state index contributed by atoms with van der Waals surface area (Å²) in [4.78, 5) is 37.2. The molecule has 0 saturated carbocycles. The van der Waals surface area contributed by atoms with Crippen LogP contribution in [-0.2, 0) is 24.3 Å². The lowest BCUT2D eigenvalue weighted by Gasteiger charge is -2.16. The summed E-state index contributed by atoms with van der Waals surface area (Å²) in [6.07, 6.45) is 2.13. The van der Waals surface area contributed by atoms with Crippen LogP contribution in [0, 0.1) is 0 Å². The molecule has 2 heterocycles. The third kappa shape index (κ3) is 3.46. The Balaban J connectivity index is 1.86. The molecule has 7 heteroatoms. The van der Waals surface area contributed by atoms with Crippen LogP contribution in [0.15, 0.2) is 56.7 Å². The number of hydrogen-bond acceptors (Lipinski definition) is 4. The molecule has 1 atom stereocenters. The van der Waals surface area contributed by atoms with Gasteiger partial charge >= 0.3 is 11.1 Å². The molecule has 1 amide bonds. The Morgan fingerprint density at radius 2 is 1.73 bits per heavy atom. The molecule has 0 unspecified atom stereocenters. The highest BCUT2D eigenvalue weighted by atomic mass is 16.3. The maximum atomic E-state index is 12.5. The molecule has 26 heavy (non-hydrogen) atoms. The Morgan fingerprint density at radius 3 is 2.35 bits per heavy atom. The molecular formula is C19H21N3O4. The van der Waals surface area contributed by atoms with E-state index in [9.17, 15) is 14.4 Å². The molecule has 136 valence electrons. The fourth-order valence-electron chi connectivity index (χ4n) is 3.09. The van der Waals surface area contributed by atoms with E-state index in [0.717, 1.165) is 5.76 Å². The number of rotatable bonds is 6. The van der Waals surface area contributed by atoms with Gasteiger partial charge in [-0.25, -0.2) is 0 Å². The number of nitrogens with one attached hydrogen (secondary N) is 1. The average molecular weight is 355 g/mol. The molecule has 0 radical (unpaired) electrons. The molecule has 1 aromatic carbocycles. The molecule has 0 bridgehead atoms. The van der Waals surface area contributed by atoms with Crippen LogP contribution < -0.4 is 16.4 Å². The van der Waals surface area contributed by atoms with Gasteiger partial charge in [0.25, 0.3) is 0 Å². The lowest BCUT2D eigenvalue weighted by atomic mass is 10.2. The van der Waals surface area contributed by atoms with Crippen LogP contribution in [0.5, 0.6) is 0 Å². The Hall–Kier alpha value is -3.09. The van der Waals surface area contributed by atoms with E-state index in [2.05, 4.69) is 5.32 Å². The van der Waals surface area contributed by atoms with Crippen molar-refractivity contribution in [2.75, 3.05) is 0 Å². The SMILES string of the molecule is CCn1c(=O)c(=O)n(CC(=O)N[C@@H](C)Cc2ccco2)c2ccccc21. The van der Waals surface area contributed by atoms with Crippen molar-refractivity contribution in [1.82, 2.24) is 14.5 Å². The van der Waals surface area contributed by atoms with Crippen LogP contribution in [0.1, 0.15) is 19.6 Å². The second-order valence-electron chi connectivity index (χ2n) is 6.18. The molecule has 0 fully saturated rings. The predicted octanol–water partition coefficient (Wildman–Crippen LogP) is 1.52. The van der Waals surface area contributed by atoms with Crippen molar-refractivity contribution in [2.24, 2.45) is 0 Å². The molecule has 2 aromatic heterocycles. The number of carbonyl (C=O) groups is 1. The van der Waals surface area contributed by atoms with Crippen LogP contribution >= 0.6 is 0 Å². The van der Waals surface area contributed by atoms with Crippen molar-refractivity contribution in [2.45, 2.75) is 39.4 Å². The molecule has 0 saturated heterocycles. The monoisotopic (exact) mass is 355 g/mol. The minimum atomic E-state index is -0.695. The minimum Gasteiger partial charge on any atom is -0.469 e. The first kappa shape index (κ1) is 17.7. The van der Waals surface area contributed by atoms with E-state index in [1.807, 2.05) is 13.0 Å². The molecule has 7 nitrogen and oxygen atoms in total. The fourth-order valence-corrected chi connectivity index (χ4v) is 3.09. The van der Waals surface area contributed by atoms with Gasteiger partial charge in [-0.05, 0) is 38.1 Å². The number of aromatic nitrogens is 2. The Morgan fingerprint density at radius 1 is 1.08 bits per heavy atom. The topological polar surface area (TPSA) is 86.2 Å². The Kier molecular flexibility index (Phi) is 5.06. The van der Waals surface area contributed by atoms with Crippen molar-refractivity contribution in [3.8, 4) is 0 Å². The Labute approximate surface area is 149 Å². The molecule has 0 spiro atoms. The normalized spacial score (nSPS) is 12.2. The van der Waals surface area contributed by atoms with Crippen LogP contribution in [-0.4, -0.2) is 21.1 Å². The summed E-state index contributed by atoms with van der Waals surface area (Å²) in [5.41, 5.74) is -0.120. The van der Waals surface area contributed by atoms with Gasteiger partial charge in [0.1, 0.15) is 12.3 Å². The number of furan rings is 1. The number of nitrogens with zero attached hydrogens (tertiary/aromatic N) is 2. The summed E-state index contributed by atoms with van der Waals surface area (Å²) in [7, 11) is 0. The summed E-state index contributed by atoms with van der Waals surface area (Å²) in [5.74, 6) is 0.441. The van der Waals surface area contributed by atoms with Crippen molar-refractivity contribution < 1.29 is 9.21 Å². The average Bonchev–Trinajstić information content (AvgIpc) is 3.12. The van der Waals surface area contributed by atoms with E-state index in [-0.39, 0.29) is 18.5 Å². The van der Waals surface area contributed by atoms with E-state index in [0.29, 0.717) is 24.0 Å². The van der Waals surface area contributed by atoms with E-state index < -0.39 is 11.1 Å². The highest BCUT2D eigenvalue weighted by Gasteiger charge is 2.16. The first-order chi connectivity index (χ1) is 12.5. The number of para-hydroxylation sites is 2. The molecule has 3 aromatic rings. The first-order valence-corrected chi connectivity index (χ1v) is 8.55. The standard InChI is InChI=1S/C19H21N3O4/c1-3-21-15-8-4-5-9-16(15)22(19(25)18(21)24)12-17(23)20-13(2)11-14-7-6-10-26-14/h4-10,13H,3,11-12H2,1-2H3,(H,20,23)/t13-/m0/s1. The van der Waals surface area contributed by atoms with Gasteiger partial charge in [-0.1, -0.05) is 12.1 Å². The van der Waals surface area contributed by atoms with Crippen molar-refractivity contribution in [1.29, 1.82) is 0 Å². The van der Waals surface area contributed by atoms with Gasteiger partial charge in [-0.2, -0.15) is 0 Å². The summed E-state index contributed by atoms with van der Waals surface area (Å²) in [5, 5.41) is 2.84. The van der Waals surface area contributed by atoms with Crippen molar-refractivity contribution in [3.05, 3.63) is 69.1 Å². The van der Waals surface area contributed by atoms with Crippen molar-refractivity contribution in [3.63, 3.8) is 0 Å². The largest absolute Gasteiger partial charge is 0.469 e. The molecule has 1 N–H and O–H groups in total. The number of amides is 1. The third-order valence-electron chi connectivity index (χ3n) is 4.25. The zero-order valence-electron chi connectivity index (χ0n) is 14.8. The number of hydrogen-bond donors (Lipinski definition) is 1. The number of fused-ring (bicyclic) bond motifs is 1. The van der Waals surface area contributed by atoms with Gasteiger partial charge in [0.2, 0.25) is 5.91 Å². The van der Waals surface area contributed by atoms with Gasteiger partial charge in [0.15, 0.2) is 0 Å². The van der Waals surface area contributed by atoms with Gasteiger partial charge < -0.3 is 14.3 Å². The molecule has 0 aliphatic carbocycles. The quantitative estimate of drug-likeness (QED) is 0.679. The molecule has 0 aliphatic heterocycles. The fraction of sp³-hybridized carbons (Fsp3) is 0.316. The maximum Gasteiger partial charge on any atom is 0.317 e. The van der Waals surface area contributed by atoms with Gasteiger partial charge in [-0.15, -0.1) is 0 Å². The lowest BCUT2D eigenvalue weighted by molar-refractivity contribution is -0.122. The minimum absolute atomic E-state index is 0.161. The van der Waals surface area contributed by atoms with Crippen LogP contribution in [0.3, 0.4) is 0 Å². The number of benzene rings is 1. The third-order valence-corrected chi connectivity index (χ3v) is 4.25.